The molecule has 0 aliphatic carbocycles. The molecule has 1 N–H and O–H groups in total. The molecule has 1 aromatic rings. The van der Waals surface area contributed by atoms with E-state index in [0.29, 0.717) is 41.2 Å². The molecule has 2 rings (SSSR count). The van der Waals surface area contributed by atoms with Gasteiger partial charge in [-0.2, -0.15) is 0 Å². The standard InChI is InChI=1S/C14H17BrO5/c1-3-8-9(11(16)14(17)18-4-2)7-10(15)13-12(8)19-5-6-20-13/h7,11,16H,3-6H2,1-2H3. The van der Waals surface area contributed by atoms with Crippen LogP contribution in [0.4, 0.5) is 0 Å². The van der Waals surface area contributed by atoms with Crippen molar-refractivity contribution in [3.05, 3.63) is 21.7 Å². The zero-order valence-electron chi connectivity index (χ0n) is 11.4. The summed E-state index contributed by atoms with van der Waals surface area (Å²) in [6.07, 6.45) is -0.706. The highest BCUT2D eigenvalue weighted by Crippen LogP contribution is 2.44. The molecule has 0 fully saturated rings. The second-order valence-corrected chi connectivity index (χ2v) is 5.14. The number of rotatable bonds is 4. The molecule has 0 aromatic heterocycles. The number of carbonyl (C=O) groups excluding carboxylic acids is 1. The van der Waals surface area contributed by atoms with E-state index < -0.39 is 12.1 Å². The maximum atomic E-state index is 11.7. The molecule has 1 aliphatic rings. The van der Waals surface area contributed by atoms with E-state index in [4.69, 9.17) is 14.2 Å². The Morgan fingerprint density at radius 1 is 1.40 bits per heavy atom. The van der Waals surface area contributed by atoms with Crippen LogP contribution in [0.5, 0.6) is 11.5 Å². The third kappa shape index (κ3) is 2.76. The summed E-state index contributed by atoms with van der Waals surface area (Å²) in [5.74, 6) is 0.546. The Kier molecular flexibility index (Phi) is 4.88. The molecule has 0 bridgehead atoms. The van der Waals surface area contributed by atoms with Crippen LogP contribution in [0, 0.1) is 0 Å². The largest absolute Gasteiger partial charge is 0.486 e. The Morgan fingerprint density at radius 2 is 2.05 bits per heavy atom. The summed E-state index contributed by atoms with van der Waals surface area (Å²) in [7, 11) is 0. The number of ether oxygens (including phenoxy) is 3. The first-order valence-electron chi connectivity index (χ1n) is 6.55. The van der Waals surface area contributed by atoms with Gasteiger partial charge in [-0.05, 0) is 40.9 Å². The topological polar surface area (TPSA) is 65.0 Å². The van der Waals surface area contributed by atoms with Crippen LogP contribution in [0.25, 0.3) is 0 Å². The lowest BCUT2D eigenvalue weighted by atomic mass is 9.98. The minimum atomic E-state index is -1.32. The van der Waals surface area contributed by atoms with Crippen molar-refractivity contribution in [2.45, 2.75) is 26.4 Å². The smallest absolute Gasteiger partial charge is 0.339 e. The monoisotopic (exact) mass is 344 g/mol. The molecule has 110 valence electrons. The lowest BCUT2D eigenvalue weighted by Crippen LogP contribution is -2.21. The number of benzene rings is 1. The van der Waals surface area contributed by atoms with E-state index in [1.165, 1.54) is 0 Å². The molecule has 1 atom stereocenters. The first-order chi connectivity index (χ1) is 9.60. The number of hydrogen-bond acceptors (Lipinski definition) is 5. The van der Waals surface area contributed by atoms with Crippen LogP contribution in [0.15, 0.2) is 10.5 Å². The maximum Gasteiger partial charge on any atom is 0.339 e. The van der Waals surface area contributed by atoms with Crippen LogP contribution in [-0.4, -0.2) is 30.9 Å². The van der Waals surface area contributed by atoms with E-state index in [1.54, 1.807) is 13.0 Å². The molecule has 6 heteroatoms. The summed E-state index contributed by atoms with van der Waals surface area (Å²) in [4.78, 5) is 11.7. The Balaban J connectivity index is 2.47. The molecular formula is C14H17BrO5. The van der Waals surface area contributed by atoms with Gasteiger partial charge >= 0.3 is 5.97 Å². The summed E-state index contributed by atoms with van der Waals surface area (Å²) in [6.45, 7) is 4.79. The van der Waals surface area contributed by atoms with Crippen LogP contribution in [0.3, 0.4) is 0 Å². The molecule has 1 unspecified atom stereocenters. The van der Waals surface area contributed by atoms with Gasteiger partial charge in [0.2, 0.25) is 0 Å². The number of esters is 1. The average molecular weight is 345 g/mol. The molecule has 0 spiro atoms. The summed E-state index contributed by atoms with van der Waals surface area (Å²) in [5.41, 5.74) is 1.26. The van der Waals surface area contributed by atoms with E-state index in [1.807, 2.05) is 6.92 Å². The second-order valence-electron chi connectivity index (χ2n) is 4.29. The van der Waals surface area contributed by atoms with Gasteiger partial charge < -0.3 is 19.3 Å². The van der Waals surface area contributed by atoms with Gasteiger partial charge in [0, 0.05) is 5.56 Å². The fraction of sp³-hybridized carbons (Fsp3) is 0.500. The SMILES string of the molecule is CCOC(=O)C(O)c1cc(Br)c2c(c1CC)OCCO2. The van der Waals surface area contributed by atoms with E-state index in [2.05, 4.69) is 15.9 Å². The number of aliphatic hydroxyl groups is 1. The van der Waals surface area contributed by atoms with Crippen LogP contribution < -0.4 is 9.47 Å². The summed E-state index contributed by atoms with van der Waals surface area (Å²) >= 11 is 3.38. The van der Waals surface area contributed by atoms with Gasteiger partial charge in [-0.3, -0.25) is 0 Å². The first kappa shape index (κ1) is 15.1. The van der Waals surface area contributed by atoms with Gasteiger partial charge in [0.25, 0.3) is 0 Å². The normalized spacial score (nSPS) is 14.8. The summed E-state index contributed by atoms with van der Waals surface area (Å²) in [6, 6.07) is 1.69. The zero-order chi connectivity index (χ0) is 14.7. The fourth-order valence-electron chi connectivity index (χ4n) is 2.20. The predicted octanol–water partition coefficient (Wildman–Crippen LogP) is 2.38. The quantitative estimate of drug-likeness (QED) is 0.849. The molecule has 1 heterocycles. The minimum absolute atomic E-state index is 0.225. The van der Waals surface area contributed by atoms with Gasteiger partial charge in [0.1, 0.15) is 13.2 Å². The zero-order valence-corrected chi connectivity index (χ0v) is 13.0. The molecule has 0 amide bonds. The van der Waals surface area contributed by atoms with E-state index in [9.17, 15) is 9.90 Å². The minimum Gasteiger partial charge on any atom is -0.486 e. The molecule has 1 aromatic carbocycles. The molecular weight excluding hydrogens is 328 g/mol. The van der Waals surface area contributed by atoms with Crippen LogP contribution in [0.2, 0.25) is 0 Å². The highest BCUT2D eigenvalue weighted by atomic mass is 79.9. The number of halogens is 1. The fourth-order valence-corrected chi connectivity index (χ4v) is 2.74. The van der Waals surface area contributed by atoms with Crippen molar-refractivity contribution < 1.29 is 24.1 Å². The van der Waals surface area contributed by atoms with E-state index in [-0.39, 0.29) is 6.61 Å². The Hall–Kier alpha value is -1.27. The Labute approximate surface area is 126 Å². The molecule has 0 radical (unpaired) electrons. The van der Waals surface area contributed by atoms with E-state index >= 15 is 0 Å². The second kappa shape index (κ2) is 6.45. The van der Waals surface area contributed by atoms with Crippen LogP contribution in [0.1, 0.15) is 31.1 Å². The van der Waals surface area contributed by atoms with Crippen LogP contribution in [-0.2, 0) is 16.0 Å². The third-order valence-electron chi connectivity index (χ3n) is 3.06. The third-order valence-corrected chi connectivity index (χ3v) is 3.65. The van der Waals surface area contributed by atoms with Gasteiger partial charge in [0.05, 0.1) is 11.1 Å². The highest BCUT2D eigenvalue weighted by molar-refractivity contribution is 9.10. The van der Waals surface area contributed by atoms with Gasteiger partial charge in [-0.1, -0.05) is 6.92 Å². The van der Waals surface area contributed by atoms with Crippen molar-refractivity contribution in [1.82, 2.24) is 0 Å². The van der Waals surface area contributed by atoms with Crippen molar-refractivity contribution in [2.75, 3.05) is 19.8 Å². The lowest BCUT2D eigenvalue weighted by Gasteiger charge is -2.25. The number of aliphatic hydroxyl groups excluding tert-OH is 1. The molecule has 1 aliphatic heterocycles. The van der Waals surface area contributed by atoms with Gasteiger partial charge in [-0.25, -0.2) is 4.79 Å². The summed E-state index contributed by atoms with van der Waals surface area (Å²) in [5, 5.41) is 10.2. The van der Waals surface area contributed by atoms with Crippen molar-refractivity contribution in [3.8, 4) is 11.5 Å². The van der Waals surface area contributed by atoms with Crippen molar-refractivity contribution in [1.29, 1.82) is 0 Å². The number of carbonyl (C=O) groups is 1. The van der Waals surface area contributed by atoms with Crippen molar-refractivity contribution in [2.24, 2.45) is 0 Å². The first-order valence-corrected chi connectivity index (χ1v) is 7.35. The van der Waals surface area contributed by atoms with Gasteiger partial charge in [-0.15, -0.1) is 0 Å². The van der Waals surface area contributed by atoms with Gasteiger partial charge in [0.15, 0.2) is 17.6 Å². The van der Waals surface area contributed by atoms with Crippen molar-refractivity contribution >= 4 is 21.9 Å². The average Bonchev–Trinajstić information content (AvgIpc) is 2.46. The molecule has 20 heavy (non-hydrogen) atoms. The number of fused-ring (bicyclic) bond motifs is 1. The predicted molar refractivity (Wildman–Crippen MR) is 76.1 cm³/mol. The summed E-state index contributed by atoms with van der Waals surface area (Å²) < 4.78 is 16.7. The molecule has 0 saturated carbocycles. The lowest BCUT2D eigenvalue weighted by molar-refractivity contribution is -0.153. The maximum absolute atomic E-state index is 11.7. The number of hydrogen-bond donors (Lipinski definition) is 1. The highest BCUT2D eigenvalue weighted by Gasteiger charge is 2.28. The molecule has 5 nitrogen and oxygen atoms in total. The van der Waals surface area contributed by atoms with E-state index in [0.717, 1.165) is 5.56 Å². The van der Waals surface area contributed by atoms with Crippen LogP contribution >= 0.6 is 15.9 Å². The Morgan fingerprint density at radius 3 is 2.65 bits per heavy atom. The Bertz CT molecular complexity index is 515. The molecule has 0 saturated heterocycles. The van der Waals surface area contributed by atoms with Crippen molar-refractivity contribution in [3.63, 3.8) is 0 Å².